The summed E-state index contributed by atoms with van der Waals surface area (Å²) in [6.45, 7) is 0.865. The van der Waals surface area contributed by atoms with Gasteiger partial charge in [-0.15, -0.1) is 0 Å². The monoisotopic (exact) mass is 425 g/mol. The van der Waals surface area contributed by atoms with Crippen molar-refractivity contribution in [2.24, 2.45) is 0 Å². The van der Waals surface area contributed by atoms with Crippen molar-refractivity contribution < 1.29 is 9.59 Å². The number of benzene rings is 3. The molecule has 1 saturated heterocycles. The predicted molar refractivity (Wildman–Crippen MR) is 129 cm³/mol. The van der Waals surface area contributed by atoms with E-state index in [1.165, 1.54) is 5.56 Å². The van der Waals surface area contributed by atoms with Gasteiger partial charge < -0.3 is 0 Å². The van der Waals surface area contributed by atoms with Gasteiger partial charge in [-0.3, -0.25) is 14.5 Å². The minimum Gasteiger partial charge on any atom is -0.296 e. The Kier molecular flexibility index (Phi) is 7.63. The Hall–Kier alpha value is -3.04. The second-order valence-electron chi connectivity index (χ2n) is 8.70. The van der Waals surface area contributed by atoms with Gasteiger partial charge in [0.05, 0.1) is 0 Å². The molecule has 1 fully saturated rings. The molecule has 0 aromatic heterocycles. The second kappa shape index (κ2) is 11.0. The van der Waals surface area contributed by atoms with Crippen molar-refractivity contribution in [3.05, 3.63) is 108 Å². The van der Waals surface area contributed by atoms with E-state index in [0.717, 1.165) is 43.4 Å². The highest BCUT2D eigenvalue weighted by Crippen LogP contribution is 2.29. The lowest BCUT2D eigenvalue weighted by Crippen LogP contribution is -2.49. The van der Waals surface area contributed by atoms with Crippen LogP contribution >= 0.6 is 0 Å². The molecule has 4 rings (SSSR count). The summed E-state index contributed by atoms with van der Waals surface area (Å²) in [5.74, 6) is 0.380. The topological polar surface area (TPSA) is 37.4 Å². The molecule has 3 heteroatoms. The van der Waals surface area contributed by atoms with E-state index in [9.17, 15) is 9.59 Å². The van der Waals surface area contributed by atoms with E-state index in [1.54, 1.807) is 0 Å². The summed E-state index contributed by atoms with van der Waals surface area (Å²) in [6.07, 6.45) is 5.00. The number of piperidine rings is 1. The average Bonchev–Trinajstić information content (AvgIpc) is 2.85. The van der Waals surface area contributed by atoms with E-state index in [1.807, 2.05) is 66.7 Å². The summed E-state index contributed by atoms with van der Waals surface area (Å²) in [7, 11) is 0. The van der Waals surface area contributed by atoms with E-state index >= 15 is 0 Å². The van der Waals surface area contributed by atoms with E-state index in [2.05, 4.69) is 29.2 Å². The van der Waals surface area contributed by atoms with E-state index in [0.29, 0.717) is 12.8 Å². The number of likely N-dealkylation sites (tertiary alicyclic amines) is 1. The van der Waals surface area contributed by atoms with Gasteiger partial charge in [0.2, 0.25) is 0 Å². The number of rotatable bonds is 9. The summed E-state index contributed by atoms with van der Waals surface area (Å²) in [6, 6.07) is 30.0. The van der Waals surface area contributed by atoms with Crippen LogP contribution in [0, 0.1) is 0 Å². The van der Waals surface area contributed by atoms with Crippen molar-refractivity contribution in [3.63, 3.8) is 0 Å². The fraction of sp³-hybridized carbons (Fsp3) is 0.310. The fourth-order valence-corrected chi connectivity index (χ4v) is 4.84. The van der Waals surface area contributed by atoms with Crippen LogP contribution < -0.4 is 0 Å². The lowest BCUT2D eigenvalue weighted by atomic mass is 9.87. The normalized spacial score (nSPS) is 18.9. The van der Waals surface area contributed by atoms with Crippen LogP contribution in [0.15, 0.2) is 91.0 Å². The van der Waals surface area contributed by atoms with Crippen molar-refractivity contribution in [1.29, 1.82) is 0 Å². The van der Waals surface area contributed by atoms with E-state index < -0.39 is 0 Å². The Balaban J connectivity index is 1.50. The first-order valence-corrected chi connectivity index (χ1v) is 11.7. The summed E-state index contributed by atoms with van der Waals surface area (Å²) in [5, 5.41) is 0. The van der Waals surface area contributed by atoms with Gasteiger partial charge in [-0.1, -0.05) is 97.4 Å². The number of carbonyl (C=O) groups excluding carboxylic acids is 2. The van der Waals surface area contributed by atoms with Crippen molar-refractivity contribution >= 4 is 11.6 Å². The van der Waals surface area contributed by atoms with Gasteiger partial charge in [0.1, 0.15) is 0 Å². The smallest absolute Gasteiger partial charge is 0.164 e. The van der Waals surface area contributed by atoms with Gasteiger partial charge in [-0.25, -0.2) is 0 Å². The highest BCUT2D eigenvalue weighted by Gasteiger charge is 2.33. The maximum atomic E-state index is 13.0. The first-order valence-electron chi connectivity index (χ1n) is 11.7. The average molecular weight is 426 g/mol. The number of nitrogens with zero attached hydrogens (tertiary/aromatic N) is 1. The second-order valence-corrected chi connectivity index (χ2v) is 8.70. The molecule has 0 unspecified atom stereocenters. The molecule has 3 aromatic rings. The van der Waals surface area contributed by atoms with Gasteiger partial charge in [-0.05, 0) is 24.8 Å². The van der Waals surface area contributed by atoms with Crippen LogP contribution in [0.5, 0.6) is 0 Å². The third-order valence-electron chi connectivity index (χ3n) is 6.55. The highest BCUT2D eigenvalue weighted by molar-refractivity contribution is 5.97. The molecule has 0 spiro atoms. The molecular formula is C29H31NO2. The number of hydrogen-bond donors (Lipinski definition) is 0. The third-order valence-corrected chi connectivity index (χ3v) is 6.55. The largest absolute Gasteiger partial charge is 0.296 e. The summed E-state index contributed by atoms with van der Waals surface area (Å²) in [5.41, 5.74) is 2.84. The molecule has 2 atom stereocenters. The van der Waals surface area contributed by atoms with Gasteiger partial charge in [0.25, 0.3) is 0 Å². The molecule has 0 radical (unpaired) electrons. The Morgan fingerprint density at radius 1 is 0.656 bits per heavy atom. The number of ketones is 2. The van der Waals surface area contributed by atoms with Crippen molar-refractivity contribution in [2.45, 2.75) is 50.6 Å². The lowest BCUT2D eigenvalue weighted by Gasteiger charge is -2.42. The molecule has 1 aliphatic rings. The summed E-state index contributed by atoms with van der Waals surface area (Å²) >= 11 is 0. The minimum absolute atomic E-state index is 0.175. The van der Waals surface area contributed by atoms with Crippen LogP contribution in [-0.4, -0.2) is 35.1 Å². The Bertz CT molecular complexity index is 940. The minimum atomic E-state index is 0.175. The van der Waals surface area contributed by atoms with Crippen molar-refractivity contribution in [3.8, 4) is 0 Å². The highest BCUT2D eigenvalue weighted by atomic mass is 16.1. The number of carbonyl (C=O) groups is 2. The molecule has 1 heterocycles. The zero-order valence-electron chi connectivity index (χ0n) is 18.5. The number of hydrogen-bond acceptors (Lipinski definition) is 3. The first-order chi connectivity index (χ1) is 15.7. The van der Waals surface area contributed by atoms with Crippen LogP contribution in [0.25, 0.3) is 0 Å². The van der Waals surface area contributed by atoms with E-state index in [4.69, 9.17) is 0 Å². The molecule has 0 N–H and O–H groups in total. The molecule has 164 valence electrons. The molecule has 32 heavy (non-hydrogen) atoms. The maximum absolute atomic E-state index is 13.0. The van der Waals surface area contributed by atoms with Crippen LogP contribution in [0.3, 0.4) is 0 Å². The van der Waals surface area contributed by atoms with E-state index in [-0.39, 0.29) is 23.7 Å². The zero-order valence-corrected chi connectivity index (χ0v) is 18.5. The quantitative estimate of drug-likeness (QED) is 0.395. The van der Waals surface area contributed by atoms with Gasteiger partial charge in [0, 0.05) is 42.6 Å². The first kappa shape index (κ1) is 22.2. The van der Waals surface area contributed by atoms with Crippen LogP contribution in [0.1, 0.15) is 58.4 Å². The molecule has 0 aliphatic carbocycles. The van der Waals surface area contributed by atoms with Crippen LogP contribution in [0.2, 0.25) is 0 Å². The third kappa shape index (κ3) is 5.80. The Morgan fingerprint density at radius 2 is 1.09 bits per heavy atom. The van der Waals surface area contributed by atoms with Crippen molar-refractivity contribution in [1.82, 2.24) is 4.90 Å². The molecule has 3 nitrogen and oxygen atoms in total. The molecule has 0 bridgehead atoms. The van der Waals surface area contributed by atoms with Gasteiger partial charge in [0.15, 0.2) is 11.6 Å². The zero-order chi connectivity index (χ0) is 22.2. The van der Waals surface area contributed by atoms with Crippen LogP contribution in [-0.2, 0) is 6.42 Å². The summed E-state index contributed by atoms with van der Waals surface area (Å²) < 4.78 is 0. The lowest BCUT2D eigenvalue weighted by molar-refractivity contribution is 0.0596. The number of Topliss-reactive ketones (excluding diaryl/α,β-unsaturated/α-hetero) is 2. The van der Waals surface area contributed by atoms with Crippen LogP contribution in [0.4, 0.5) is 0 Å². The molecule has 0 amide bonds. The summed E-state index contributed by atoms with van der Waals surface area (Å²) in [4.78, 5) is 28.4. The Morgan fingerprint density at radius 3 is 1.56 bits per heavy atom. The molecule has 0 saturated carbocycles. The van der Waals surface area contributed by atoms with Gasteiger partial charge in [-0.2, -0.15) is 0 Å². The predicted octanol–water partition coefficient (Wildman–Crippen LogP) is 6.00. The fourth-order valence-electron chi connectivity index (χ4n) is 4.84. The molecule has 1 aliphatic heterocycles. The SMILES string of the molecule is O=C(C[C@H]1CCC[C@@H](CC(=O)c2ccccc2)N1CCc1ccccc1)c1ccccc1. The Labute approximate surface area is 191 Å². The van der Waals surface area contributed by atoms with Crippen molar-refractivity contribution in [2.75, 3.05) is 6.54 Å². The molecular weight excluding hydrogens is 394 g/mol. The standard InChI is InChI=1S/C29H31NO2/c31-28(24-13-6-2-7-14-24)21-26-17-10-18-27(22-29(32)25-15-8-3-9-16-25)30(26)20-19-23-11-4-1-5-12-23/h1-9,11-16,26-27H,10,17-22H2/t26-,27+. The van der Waals surface area contributed by atoms with Gasteiger partial charge >= 0.3 is 0 Å². The maximum Gasteiger partial charge on any atom is 0.164 e. The molecule has 3 aromatic carbocycles.